The second-order valence-corrected chi connectivity index (χ2v) is 9.69. The summed E-state index contributed by atoms with van der Waals surface area (Å²) in [7, 11) is -1.31. The predicted octanol–water partition coefficient (Wildman–Crippen LogP) is 1.97. The molecule has 6 nitrogen and oxygen atoms in total. The Morgan fingerprint density at radius 1 is 1.23 bits per heavy atom. The van der Waals surface area contributed by atoms with Crippen molar-refractivity contribution in [1.29, 1.82) is 0 Å². The van der Waals surface area contributed by atoms with E-state index >= 15 is 0 Å². The molecule has 1 unspecified atom stereocenters. The van der Waals surface area contributed by atoms with Gasteiger partial charge < -0.3 is 9.16 Å². The van der Waals surface area contributed by atoms with Gasteiger partial charge >= 0.3 is 5.69 Å². The van der Waals surface area contributed by atoms with E-state index in [1.165, 1.54) is 10.8 Å². The summed E-state index contributed by atoms with van der Waals surface area (Å²) in [5.41, 5.74) is -0.343. The van der Waals surface area contributed by atoms with Gasteiger partial charge in [-0.2, -0.15) is 0 Å². The van der Waals surface area contributed by atoms with Crippen molar-refractivity contribution in [3.8, 4) is 0 Å². The van der Waals surface area contributed by atoms with Crippen LogP contribution < -0.4 is 11.2 Å². The van der Waals surface area contributed by atoms with E-state index in [1.807, 2.05) is 6.92 Å². The highest BCUT2D eigenvalue weighted by atomic mass is 28.3. The fraction of sp³-hybridized carbons (Fsp3) is 0.733. The molecule has 0 fully saturated rings. The maximum Gasteiger partial charge on any atom is 0.330 e. The number of rotatable bonds is 6. The van der Waals surface area contributed by atoms with Crippen LogP contribution in [-0.2, 0) is 15.9 Å². The van der Waals surface area contributed by atoms with Crippen LogP contribution in [0.4, 0.5) is 0 Å². The van der Waals surface area contributed by atoms with Crippen LogP contribution in [0.5, 0.6) is 0 Å². The first-order valence-corrected chi connectivity index (χ1v) is 10.3. The van der Waals surface area contributed by atoms with E-state index < -0.39 is 20.5 Å². The van der Waals surface area contributed by atoms with Gasteiger partial charge in [-0.15, -0.1) is 0 Å². The van der Waals surface area contributed by atoms with Gasteiger partial charge in [-0.25, -0.2) is 4.79 Å². The molecule has 1 aromatic heterocycles. The van der Waals surface area contributed by atoms with E-state index in [9.17, 15) is 9.59 Å². The zero-order valence-electron chi connectivity index (χ0n) is 14.6. The molecule has 0 aliphatic rings. The summed E-state index contributed by atoms with van der Waals surface area (Å²) >= 11 is 0. The maximum absolute atomic E-state index is 11.8. The Morgan fingerprint density at radius 3 is 2.32 bits per heavy atom. The molecule has 1 rings (SSSR count). The number of hydrogen-bond acceptors (Lipinski definition) is 4. The van der Waals surface area contributed by atoms with Crippen LogP contribution >= 0.6 is 0 Å². The predicted molar refractivity (Wildman–Crippen MR) is 89.6 cm³/mol. The van der Waals surface area contributed by atoms with E-state index in [0.717, 1.165) is 0 Å². The number of aromatic amines is 1. The number of aryl methyl sites for hydroxylation is 1. The average molecular weight is 328 g/mol. The lowest BCUT2D eigenvalue weighted by atomic mass is 9.88. The molecule has 0 spiro atoms. The van der Waals surface area contributed by atoms with Crippen molar-refractivity contribution in [1.82, 2.24) is 9.55 Å². The number of hydrogen-bond donors (Lipinski definition) is 1. The molecule has 0 saturated carbocycles. The fourth-order valence-corrected chi connectivity index (χ4v) is 3.66. The quantitative estimate of drug-likeness (QED) is 0.640. The first-order chi connectivity index (χ1) is 9.92. The third kappa shape index (κ3) is 5.90. The van der Waals surface area contributed by atoms with Crippen LogP contribution in [0, 0.1) is 12.3 Å². The molecule has 126 valence electrons. The molecular formula is C15H28N2O4Si. The van der Waals surface area contributed by atoms with Gasteiger partial charge in [-0.1, -0.05) is 20.8 Å². The SMILES string of the molecule is Cc1cn(COC(C)(CC(C)(C)C)O[SiH](C)C)c(=O)[nH]c1=O. The number of nitrogens with one attached hydrogen (secondary N) is 1. The molecule has 1 aromatic rings. The Hall–Kier alpha value is -1.18. The van der Waals surface area contributed by atoms with Gasteiger partial charge in [0.2, 0.25) is 0 Å². The number of H-pyrrole nitrogens is 1. The van der Waals surface area contributed by atoms with Gasteiger partial charge in [0.15, 0.2) is 14.8 Å². The van der Waals surface area contributed by atoms with Gasteiger partial charge in [0.05, 0.1) is 0 Å². The third-order valence-corrected chi connectivity index (χ3v) is 4.00. The van der Waals surface area contributed by atoms with Crippen LogP contribution in [0.2, 0.25) is 13.1 Å². The summed E-state index contributed by atoms with van der Waals surface area (Å²) in [4.78, 5) is 25.5. The average Bonchev–Trinajstić information content (AvgIpc) is 2.28. The molecular weight excluding hydrogens is 300 g/mol. The monoisotopic (exact) mass is 328 g/mol. The van der Waals surface area contributed by atoms with Gasteiger partial charge in [0.1, 0.15) is 6.73 Å². The minimum Gasteiger partial charge on any atom is -0.394 e. The van der Waals surface area contributed by atoms with E-state index in [4.69, 9.17) is 9.16 Å². The van der Waals surface area contributed by atoms with Gasteiger partial charge in [0, 0.05) is 18.2 Å². The summed E-state index contributed by atoms with van der Waals surface area (Å²) in [5, 5.41) is 0. The van der Waals surface area contributed by atoms with Crippen molar-refractivity contribution in [2.75, 3.05) is 0 Å². The molecule has 0 aliphatic heterocycles. The first-order valence-electron chi connectivity index (χ1n) is 7.54. The van der Waals surface area contributed by atoms with Crippen LogP contribution in [0.3, 0.4) is 0 Å². The lowest BCUT2D eigenvalue weighted by molar-refractivity contribution is -0.211. The molecule has 0 aromatic carbocycles. The van der Waals surface area contributed by atoms with Crippen molar-refractivity contribution in [2.45, 2.75) is 66.7 Å². The highest BCUT2D eigenvalue weighted by Crippen LogP contribution is 2.31. The summed E-state index contributed by atoms with van der Waals surface area (Å²) in [6.07, 6.45) is 2.22. The fourth-order valence-electron chi connectivity index (χ4n) is 2.51. The molecule has 7 heteroatoms. The van der Waals surface area contributed by atoms with Crippen molar-refractivity contribution < 1.29 is 9.16 Å². The molecule has 0 bridgehead atoms. The third-order valence-electron chi connectivity index (χ3n) is 3.03. The number of nitrogens with zero attached hydrogens (tertiary/aromatic N) is 1. The highest BCUT2D eigenvalue weighted by molar-refractivity contribution is 6.48. The Morgan fingerprint density at radius 2 is 1.82 bits per heavy atom. The molecule has 1 heterocycles. The molecule has 0 saturated heterocycles. The molecule has 0 radical (unpaired) electrons. The van der Waals surface area contributed by atoms with Crippen molar-refractivity contribution in [3.63, 3.8) is 0 Å². The summed E-state index contributed by atoms with van der Waals surface area (Å²) in [5.74, 6) is -0.748. The smallest absolute Gasteiger partial charge is 0.330 e. The number of ether oxygens (including phenoxy) is 1. The van der Waals surface area contributed by atoms with Gasteiger partial charge in [-0.05, 0) is 32.4 Å². The first kappa shape index (κ1) is 18.9. The minimum absolute atomic E-state index is 0.0317. The van der Waals surface area contributed by atoms with Crippen LogP contribution in [0.15, 0.2) is 15.8 Å². The maximum atomic E-state index is 11.8. The lowest BCUT2D eigenvalue weighted by Crippen LogP contribution is -2.42. The Balaban J connectivity index is 2.94. The Bertz CT molecular complexity index is 615. The van der Waals surface area contributed by atoms with Crippen molar-refractivity contribution in [2.24, 2.45) is 5.41 Å². The van der Waals surface area contributed by atoms with Gasteiger partial charge in [-0.3, -0.25) is 14.3 Å². The highest BCUT2D eigenvalue weighted by Gasteiger charge is 2.33. The molecule has 1 atom stereocenters. The van der Waals surface area contributed by atoms with E-state index in [0.29, 0.717) is 12.0 Å². The molecule has 1 N–H and O–H groups in total. The van der Waals surface area contributed by atoms with E-state index in [2.05, 4.69) is 38.8 Å². The normalized spacial score (nSPS) is 15.1. The lowest BCUT2D eigenvalue weighted by Gasteiger charge is -2.37. The van der Waals surface area contributed by atoms with Crippen LogP contribution in [-0.4, -0.2) is 24.4 Å². The standard InChI is InChI=1S/C15H28N2O4Si/c1-11-8-17(13(19)16-12(11)18)10-20-15(5,21-22(6)7)9-14(2,3)4/h8,22H,9-10H2,1-7H3,(H,16,18,19). The summed E-state index contributed by atoms with van der Waals surface area (Å²) in [6.45, 7) is 14.1. The van der Waals surface area contributed by atoms with E-state index in [-0.39, 0.29) is 17.7 Å². The van der Waals surface area contributed by atoms with Crippen molar-refractivity contribution >= 4 is 9.04 Å². The minimum atomic E-state index is -1.31. The van der Waals surface area contributed by atoms with E-state index in [1.54, 1.807) is 6.92 Å². The summed E-state index contributed by atoms with van der Waals surface area (Å²) < 4.78 is 13.3. The zero-order valence-corrected chi connectivity index (χ0v) is 15.8. The molecule has 0 aliphatic carbocycles. The largest absolute Gasteiger partial charge is 0.394 e. The second-order valence-electron chi connectivity index (χ2n) is 7.35. The Kier molecular flexibility index (Phi) is 5.94. The topological polar surface area (TPSA) is 73.3 Å². The van der Waals surface area contributed by atoms with Crippen molar-refractivity contribution in [3.05, 3.63) is 32.6 Å². The molecule has 22 heavy (non-hydrogen) atoms. The second kappa shape index (κ2) is 6.93. The van der Waals surface area contributed by atoms with Crippen LogP contribution in [0.25, 0.3) is 0 Å². The zero-order chi connectivity index (χ0) is 17.1. The summed E-state index contributed by atoms with van der Waals surface area (Å²) in [6, 6.07) is 0. The number of aromatic nitrogens is 2. The Labute approximate surface area is 133 Å². The van der Waals surface area contributed by atoms with Gasteiger partial charge in [0.25, 0.3) is 5.56 Å². The molecule has 0 amide bonds. The van der Waals surface area contributed by atoms with Crippen LogP contribution in [0.1, 0.15) is 39.7 Å².